The van der Waals surface area contributed by atoms with Gasteiger partial charge in [0.05, 0.1) is 17.6 Å². The maximum absolute atomic E-state index is 11.0. The van der Waals surface area contributed by atoms with E-state index in [4.69, 9.17) is 5.11 Å². The topological polar surface area (TPSA) is 68.0 Å². The van der Waals surface area contributed by atoms with Crippen LogP contribution in [-0.4, -0.2) is 38.1 Å². The lowest BCUT2D eigenvalue weighted by Gasteiger charge is -2.00. The predicted octanol–water partition coefficient (Wildman–Crippen LogP) is 1.49. The molecule has 1 aromatic heterocycles. The van der Waals surface area contributed by atoms with Crippen LogP contribution in [0.15, 0.2) is 18.2 Å². The lowest BCUT2D eigenvalue weighted by molar-refractivity contribution is 0.0699. The number of hydrogen-bond donors (Lipinski definition) is 1. The molecule has 0 aliphatic heterocycles. The Labute approximate surface area is 96.4 Å². The number of thioether (sulfide) groups is 1. The molecule has 5 nitrogen and oxygen atoms in total. The van der Waals surface area contributed by atoms with Gasteiger partial charge in [0.1, 0.15) is 5.52 Å². The fraction of sp³-hybridized carbons (Fsp3) is 0.300. The minimum atomic E-state index is -0.970. The highest BCUT2D eigenvalue weighted by Gasteiger charge is 2.12. The van der Waals surface area contributed by atoms with E-state index in [1.807, 2.05) is 12.3 Å². The van der Waals surface area contributed by atoms with Crippen molar-refractivity contribution in [3.05, 3.63) is 23.8 Å². The average Bonchev–Trinajstić information content (AvgIpc) is 2.69. The third-order valence-corrected chi connectivity index (χ3v) is 2.87. The molecule has 1 N–H and O–H groups in total. The third kappa shape index (κ3) is 1.88. The largest absolute Gasteiger partial charge is 0.478 e. The Bertz CT molecular complexity index is 524. The third-order valence-electron chi connectivity index (χ3n) is 2.28. The Morgan fingerprint density at radius 3 is 3.06 bits per heavy atom. The lowest BCUT2D eigenvalue weighted by atomic mass is 10.2. The quantitative estimate of drug-likeness (QED) is 0.872. The van der Waals surface area contributed by atoms with E-state index in [2.05, 4.69) is 10.3 Å². The van der Waals surface area contributed by atoms with E-state index in [0.717, 1.165) is 17.8 Å². The Hall–Kier alpha value is -1.56. The van der Waals surface area contributed by atoms with Crippen LogP contribution >= 0.6 is 11.8 Å². The first-order chi connectivity index (χ1) is 7.74. The van der Waals surface area contributed by atoms with Crippen molar-refractivity contribution in [3.63, 3.8) is 0 Å². The number of carboxylic acid groups (broad SMARTS) is 1. The van der Waals surface area contributed by atoms with Crippen LogP contribution in [0.1, 0.15) is 10.4 Å². The summed E-state index contributed by atoms with van der Waals surface area (Å²) in [6.45, 7) is 0.737. The minimum Gasteiger partial charge on any atom is -0.478 e. The van der Waals surface area contributed by atoms with Crippen LogP contribution in [0.3, 0.4) is 0 Å². The summed E-state index contributed by atoms with van der Waals surface area (Å²) in [4.78, 5) is 11.0. The number of carboxylic acids is 1. The average molecular weight is 237 g/mol. The second-order valence-electron chi connectivity index (χ2n) is 3.28. The van der Waals surface area contributed by atoms with Crippen LogP contribution in [0.2, 0.25) is 0 Å². The van der Waals surface area contributed by atoms with Gasteiger partial charge in [0.2, 0.25) is 0 Å². The van der Waals surface area contributed by atoms with Crippen molar-refractivity contribution in [1.82, 2.24) is 15.0 Å². The van der Waals surface area contributed by atoms with Crippen molar-refractivity contribution in [2.45, 2.75) is 6.54 Å². The van der Waals surface area contributed by atoms with Crippen molar-refractivity contribution >= 4 is 28.8 Å². The molecular weight excluding hydrogens is 226 g/mol. The standard InChI is InChI=1S/C10H11N3O2S/c1-16-6-5-13-8-4-2-3-7(10(14)15)9(8)11-12-13/h2-4H,5-6H2,1H3,(H,14,15). The van der Waals surface area contributed by atoms with Gasteiger partial charge >= 0.3 is 5.97 Å². The molecule has 2 rings (SSSR count). The second kappa shape index (κ2) is 4.52. The number of carbonyl (C=O) groups is 1. The lowest BCUT2D eigenvalue weighted by Crippen LogP contribution is -2.02. The maximum atomic E-state index is 11.0. The first-order valence-corrected chi connectivity index (χ1v) is 6.18. The molecule has 0 spiro atoms. The Morgan fingerprint density at radius 2 is 2.38 bits per heavy atom. The summed E-state index contributed by atoms with van der Waals surface area (Å²) in [5.41, 5.74) is 1.43. The van der Waals surface area contributed by atoms with Gasteiger partial charge in [-0.25, -0.2) is 9.48 Å². The van der Waals surface area contributed by atoms with Gasteiger partial charge in [0.25, 0.3) is 0 Å². The predicted molar refractivity (Wildman–Crippen MR) is 62.9 cm³/mol. The summed E-state index contributed by atoms with van der Waals surface area (Å²) in [6.07, 6.45) is 2.02. The number of aryl methyl sites for hydroxylation is 1. The van der Waals surface area contributed by atoms with Gasteiger partial charge in [-0.3, -0.25) is 0 Å². The summed E-state index contributed by atoms with van der Waals surface area (Å²) in [6, 6.07) is 5.09. The molecule has 0 fully saturated rings. The first-order valence-electron chi connectivity index (χ1n) is 4.78. The van der Waals surface area contributed by atoms with Crippen molar-refractivity contribution in [2.24, 2.45) is 0 Å². The van der Waals surface area contributed by atoms with E-state index in [-0.39, 0.29) is 5.56 Å². The van der Waals surface area contributed by atoms with Crippen LogP contribution in [0.5, 0.6) is 0 Å². The molecule has 0 bridgehead atoms. The second-order valence-corrected chi connectivity index (χ2v) is 4.27. The monoisotopic (exact) mass is 237 g/mol. The van der Waals surface area contributed by atoms with E-state index in [1.165, 1.54) is 6.07 Å². The molecule has 0 saturated carbocycles. The Kier molecular flexibility index (Phi) is 3.09. The molecule has 0 aliphatic carbocycles. The SMILES string of the molecule is CSCCn1nnc2c(C(=O)O)cccc21. The number of nitrogens with zero attached hydrogens (tertiary/aromatic N) is 3. The van der Waals surface area contributed by atoms with Crippen LogP contribution in [-0.2, 0) is 6.54 Å². The van der Waals surface area contributed by atoms with Crippen molar-refractivity contribution in [3.8, 4) is 0 Å². The normalized spacial score (nSPS) is 10.8. The summed E-state index contributed by atoms with van der Waals surface area (Å²) < 4.78 is 1.73. The van der Waals surface area contributed by atoms with E-state index < -0.39 is 5.97 Å². The Balaban J connectivity index is 2.48. The zero-order valence-electron chi connectivity index (χ0n) is 8.75. The molecule has 84 valence electrons. The summed E-state index contributed by atoms with van der Waals surface area (Å²) >= 11 is 1.71. The van der Waals surface area contributed by atoms with Crippen LogP contribution in [0, 0.1) is 0 Å². The molecule has 2 aromatic rings. The highest BCUT2D eigenvalue weighted by molar-refractivity contribution is 7.98. The van der Waals surface area contributed by atoms with E-state index in [0.29, 0.717) is 5.52 Å². The summed E-state index contributed by atoms with van der Waals surface area (Å²) in [7, 11) is 0. The highest BCUT2D eigenvalue weighted by Crippen LogP contribution is 2.16. The van der Waals surface area contributed by atoms with Gasteiger partial charge in [-0.05, 0) is 18.4 Å². The minimum absolute atomic E-state index is 0.202. The summed E-state index contributed by atoms with van der Waals surface area (Å²) in [5.74, 6) is -0.0435. The molecule has 0 radical (unpaired) electrons. The zero-order valence-corrected chi connectivity index (χ0v) is 9.57. The van der Waals surface area contributed by atoms with E-state index >= 15 is 0 Å². The molecule has 0 unspecified atom stereocenters. The molecule has 1 aromatic carbocycles. The molecule has 0 saturated heterocycles. The van der Waals surface area contributed by atoms with Crippen LogP contribution < -0.4 is 0 Å². The molecular formula is C10H11N3O2S. The van der Waals surface area contributed by atoms with Crippen molar-refractivity contribution < 1.29 is 9.90 Å². The van der Waals surface area contributed by atoms with E-state index in [9.17, 15) is 4.79 Å². The zero-order chi connectivity index (χ0) is 11.5. The fourth-order valence-corrected chi connectivity index (χ4v) is 1.86. The van der Waals surface area contributed by atoms with Gasteiger partial charge in [-0.1, -0.05) is 11.3 Å². The van der Waals surface area contributed by atoms with Crippen LogP contribution in [0.4, 0.5) is 0 Å². The number of benzene rings is 1. The molecule has 6 heteroatoms. The Morgan fingerprint density at radius 1 is 1.56 bits per heavy atom. The highest BCUT2D eigenvalue weighted by atomic mass is 32.2. The van der Waals surface area contributed by atoms with Crippen molar-refractivity contribution in [1.29, 1.82) is 0 Å². The first kappa shape index (κ1) is 10.9. The van der Waals surface area contributed by atoms with Gasteiger partial charge in [0.15, 0.2) is 0 Å². The molecule has 0 atom stereocenters. The number of fused-ring (bicyclic) bond motifs is 1. The van der Waals surface area contributed by atoms with Crippen LogP contribution in [0.25, 0.3) is 11.0 Å². The molecule has 0 aliphatic rings. The molecule has 1 heterocycles. The maximum Gasteiger partial charge on any atom is 0.338 e. The molecule has 16 heavy (non-hydrogen) atoms. The van der Waals surface area contributed by atoms with Gasteiger partial charge in [-0.2, -0.15) is 11.8 Å². The fourth-order valence-electron chi connectivity index (χ4n) is 1.51. The van der Waals surface area contributed by atoms with Gasteiger partial charge in [0, 0.05) is 5.75 Å². The van der Waals surface area contributed by atoms with Gasteiger partial charge in [-0.15, -0.1) is 5.10 Å². The summed E-state index contributed by atoms with van der Waals surface area (Å²) in [5, 5.41) is 16.9. The number of rotatable bonds is 4. The number of aromatic nitrogens is 3. The molecule has 0 amide bonds. The van der Waals surface area contributed by atoms with Crippen molar-refractivity contribution in [2.75, 3.05) is 12.0 Å². The van der Waals surface area contributed by atoms with Gasteiger partial charge < -0.3 is 5.11 Å². The smallest absolute Gasteiger partial charge is 0.338 e. The van der Waals surface area contributed by atoms with E-state index in [1.54, 1.807) is 22.5 Å². The number of aromatic carboxylic acids is 1. The number of hydrogen-bond acceptors (Lipinski definition) is 4.